The molecule has 0 atom stereocenters. The van der Waals surface area contributed by atoms with Gasteiger partial charge < -0.3 is 9.30 Å². The van der Waals surface area contributed by atoms with Crippen LogP contribution in [0.1, 0.15) is 68.6 Å². The summed E-state index contributed by atoms with van der Waals surface area (Å²) < 4.78 is 7.20. The monoisotopic (exact) mass is 410 g/mol. The molecule has 0 saturated carbocycles. The Labute approximate surface area is 175 Å². The molecule has 1 aromatic heterocycles. The Balaban J connectivity index is 1.47. The van der Waals surface area contributed by atoms with E-state index in [1.807, 2.05) is 19.9 Å². The quantitative estimate of drug-likeness (QED) is 0.360. The standard InChI is InChI=1S/C23H26N2O5/c1-4-11-24-15(2)13-19(16(24)3)20(26)14-30-21(27)10-7-12-25-22(28)17-8-5-6-9-18(17)23(25)29/h5-6,8-9,13H,4,7,10-12,14H2,1-3H3. The van der Waals surface area contributed by atoms with Crippen molar-refractivity contribution < 1.29 is 23.9 Å². The van der Waals surface area contributed by atoms with Crippen LogP contribution in [0.3, 0.4) is 0 Å². The Morgan fingerprint density at radius 1 is 1.00 bits per heavy atom. The number of Topliss-reactive ketones (excluding diaryl/α,β-unsaturated/α-hetero) is 1. The van der Waals surface area contributed by atoms with Gasteiger partial charge in [0.15, 0.2) is 6.61 Å². The first-order chi connectivity index (χ1) is 14.3. The van der Waals surface area contributed by atoms with Gasteiger partial charge in [-0.25, -0.2) is 0 Å². The van der Waals surface area contributed by atoms with Crippen molar-refractivity contribution in [3.05, 3.63) is 58.4 Å². The van der Waals surface area contributed by atoms with Crippen LogP contribution in [-0.4, -0.2) is 46.2 Å². The number of rotatable bonds is 9. The SMILES string of the molecule is CCCn1c(C)cc(C(=O)COC(=O)CCCN2C(=O)c3ccccc3C2=O)c1C. The molecule has 1 aromatic carbocycles. The Kier molecular flexibility index (Phi) is 6.50. The summed E-state index contributed by atoms with van der Waals surface area (Å²) in [7, 11) is 0. The molecule has 30 heavy (non-hydrogen) atoms. The number of imide groups is 1. The maximum Gasteiger partial charge on any atom is 0.306 e. The molecular weight excluding hydrogens is 384 g/mol. The van der Waals surface area contributed by atoms with E-state index >= 15 is 0 Å². The van der Waals surface area contributed by atoms with E-state index in [1.54, 1.807) is 24.3 Å². The van der Waals surface area contributed by atoms with Gasteiger partial charge >= 0.3 is 5.97 Å². The molecule has 2 heterocycles. The lowest BCUT2D eigenvalue weighted by Gasteiger charge is -2.13. The Hall–Kier alpha value is -3.22. The second-order valence-corrected chi connectivity index (χ2v) is 7.43. The fourth-order valence-corrected chi connectivity index (χ4v) is 3.77. The molecule has 0 fully saturated rings. The van der Waals surface area contributed by atoms with Crippen LogP contribution >= 0.6 is 0 Å². The first-order valence-electron chi connectivity index (χ1n) is 10.2. The van der Waals surface area contributed by atoms with Crippen molar-refractivity contribution in [1.82, 2.24) is 9.47 Å². The van der Waals surface area contributed by atoms with Crippen molar-refractivity contribution in [2.45, 2.75) is 46.6 Å². The molecular formula is C23H26N2O5. The van der Waals surface area contributed by atoms with Crippen LogP contribution in [0.25, 0.3) is 0 Å². The number of hydrogen-bond acceptors (Lipinski definition) is 5. The van der Waals surface area contributed by atoms with Gasteiger partial charge in [-0.2, -0.15) is 0 Å². The lowest BCUT2D eigenvalue weighted by atomic mass is 10.1. The van der Waals surface area contributed by atoms with Gasteiger partial charge in [0.05, 0.1) is 11.1 Å². The summed E-state index contributed by atoms with van der Waals surface area (Å²) in [6.45, 7) is 6.56. The van der Waals surface area contributed by atoms with Crippen molar-refractivity contribution in [1.29, 1.82) is 0 Å². The van der Waals surface area contributed by atoms with Crippen molar-refractivity contribution in [3.63, 3.8) is 0 Å². The molecule has 2 aromatic rings. The zero-order valence-corrected chi connectivity index (χ0v) is 17.6. The van der Waals surface area contributed by atoms with Gasteiger partial charge in [0.1, 0.15) is 0 Å². The lowest BCUT2D eigenvalue weighted by molar-refractivity contribution is -0.142. The van der Waals surface area contributed by atoms with Gasteiger partial charge in [-0.15, -0.1) is 0 Å². The van der Waals surface area contributed by atoms with Crippen molar-refractivity contribution in [2.75, 3.05) is 13.2 Å². The predicted molar refractivity (Wildman–Crippen MR) is 111 cm³/mol. The van der Waals surface area contributed by atoms with Gasteiger partial charge in [-0.3, -0.25) is 24.1 Å². The summed E-state index contributed by atoms with van der Waals surface area (Å²) in [5.41, 5.74) is 3.22. The molecule has 0 bridgehead atoms. The fraction of sp³-hybridized carbons (Fsp3) is 0.391. The number of carbonyl (C=O) groups excluding carboxylic acids is 4. The van der Waals surface area contributed by atoms with Crippen molar-refractivity contribution in [2.24, 2.45) is 0 Å². The van der Waals surface area contributed by atoms with Crippen LogP contribution in [0.5, 0.6) is 0 Å². The van der Waals surface area contributed by atoms with Crippen LogP contribution < -0.4 is 0 Å². The zero-order chi connectivity index (χ0) is 21.8. The third-order valence-electron chi connectivity index (χ3n) is 5.33. The van der Waals surface area contributed by atoms with Gasteiger partial charge in [-0.1, -0.05) is 19.1 Å². The highest BCUT2D eigenvalue weighted by molar-refractivity contribution is 6.21. The summed E-state index contributed by atoms with van der Waals surface area (Å²) in [5.74, 6) is -1.45. The minimum absolute atomic E-state index is 0.0234. The average molecular weight is 410 g/mol. The van der Waals surface area contributed by atoms with Crippen LogP contribution in [0.2, 0.25) is 0 Å². The highest BCUT2D eigenvalue weighted by Crippen LogP contribution is 2.22. The summed E-state index contributed by atoms with van der Waals surface area (Å²) in [6, 6.07) is 8.48. The zero-order valence-electron chi connectivity index (χ0n) is 17.6. The molecule has 7 nitrogen and oxygen atoms in total. The number of aromatic nitrogens is 1. The predicted octanol–water partition coefficient (Wildman–Crippen LogP) is 3.32. The molecule has 0 unspecified atom stereocenters. The van der Waals surface area contributed by atoms with Crippen LogP contribution in [0.4, 0.5) is 0 Å². The molecule has 7 heteroatoms. The van der Waals surface area contributed by atoms with Crippen LogP contribution in [-0.2, 0) is 16.1 Å². The van der Waals surface area contributed by atoms with Crippen LogP contribution in [0, 0.1) is 13.8 Å². The number of amides is 2. The van der Waals surface area contributed by atoms with Gasteiger partial charge in [0.25, 0.3) is 11.8 Å². The molecule has 0 N–H and O–H groups in total. The summed E-state index contributed by atoms with van der Waals surface area (Å²) >= 11 is 0. The third-order valence-corrected chi connectivity index (χ3v) is 5.33. The van der Waals surface area contributed by atoms with E-state index in [0.29, 0.717) is 16.7 Å². The van der Waals surface area contributed by atoms with E-state index in [4.69, 9.17) is 4.74 Å². The molecule has 0 spiro atoms. The topological polar surface area (TPSA) is 85.7 Å². The molecule has 2 amide bonds. The Morgan fingerprint density at radius 2 is 1.63 bits per heavy atom. The largest absolute Gasteiger partial charge is 0.457 e. The molecule has 3 rings (SSSR count). The number of nitrogens with zero attached hydrogens (tertiary/aromatic N) is 2. The highest BCUT2D eigenvalue weighted by atomic mass is 16.5. The minimum Gasteiger partial charge on any atom is -0.457 e. The summed E-state index contributed by atoms with van der Waals surface area (Å²) in [5, 5.41) is 0. The number of esters is 1. The molecule has 1 aliphatic rings. The first-order valence-corrected chi connectivity index (χ1v) is 10.2. The summed E-state index contributed by atoms with van der Waals surface area (Å²) in [4.78, 5) is 50.2. The number of benzene rings is 1. The van der Waals surface area contributed by atoms with Crippen LogP contribution in [0.15, 0.2) is 30.3 Å². The Morgan fingerprint density at radius 3 is 2.23 bits per heavy atom. The van der Waals surface area contributed by atoms with E-state index < -0.39 is 5.97 Å². The summed E-state index contributed by atoms with van der Waals surface area (Å²) in [6.07, 6.45) is 1.27. The van der Waals surface area contributed by atoms with E-state index in [2.05, 4.69) is 11.5 Å². The molecule has 158 valence electrons. The second-order valence-electron chi connectivity index (χ2n) is 7.43. The van der Waals surface area contributed by atoms with Gasteiger partial charge in [-0.05, 0) is 44.9 Å². The fourth-order valence-electron chi connectivity index (χ4n) is 3.77. The second kappa shape index (κ2) is 9.07. The number of fused-ring (bicyclic) bond motifs is 1. The van der Waals surface area contributed by atoms with E-state index in [0.717, 1.165) is 29.3 Å². The van der Waals surface area contributed by atoms with Gasteiger partial charge in [0.2, 0.25) is 5.78 Å². The number of hydrogen-bond donors (Lipinski definition) is 0. The van der Waals surface area contributed by atoms with Crippen molar-refractivity contribution in [3.8, 4) is 0 Å². The highest BCUT2D eigenvalue weighted by Gasteiger charge is 2.34. The van der Waals surface area contributed by atoms with Gasteiger partial charge in [0, 0.05) is 36.5 Å². The third kappa shape index (κ3) is 4.20. The van der Waals surface area contributed by atoms with E-state index in [9.17, 15) is 19.2 Å². The number of carbonyl (C=O) groups is 4. The number of ether oxygens (including phenoxy) is 1. The Bertz CT molecular complexity index is 970. The normalized spacial score (nSPS) is 13.0. The molecule has 1 aliphatic heterocycles. The molecule has 0 saturated heterocycles. The molecule has 0 aliphatic carbocycles. The number of ketones is 1. The maximum atomic E-state index is 12.4. The minimum atomic E-state index is -0.526. The van der Waals surface area contributed by atoms with E-state index in [1.165, 1.54) is 0 Å². The smallest absolute Gasteiger partial charge is 0.306 e. The molecule has 0 radical (unpaired) electrons. The first kappa shape index (κ1) is 21.5. The van der Waals surface area contributed by atoms with Crippen molar-refractivity contribution >= 4 is 23.6 Å². The average Bonchev–Trinajstić information content (AvgIpc) is 3.15. The number of aryl methyl sites for hydroxylation is 1. The maximum absolute atomic E-state index is 12.4. The lowest BCUT2D eigenvalue weighted by Crippen LogP contribution is -2.31. The van der Waals surface area contributed by atoms with E-state index in [-0.39, 0.29) is 43.6 Å².